The first-order valence-electron chi connectivity index (χ1n) is 6.02. The number of rotatable bonds is 2. The van der Waals surface area contributed by atoms with Crippen LogP contribution in [0.1, 0.15) is 16.1 Å². The number of hydrogen-bond donors (Lipinski definition) is 0. The van der Waals surface area contributed by atoms with Crippen LogP contribution in [0.15, 0.2) is 46.3 Å². The number of aryl methyl sites for hydroxylation is 1. The number of nitrogens with zero attached hydrogens (tertiary/aromatic N) is 1. The van der Waals surface area contributed by atoms with E-state index in [9.17, 15) is 0 Å². The molecule has 19 heavy (non-hydrogen) atoms. The monoisotopic (exact) mass is 329 g/mol. The number of aromatic nitrogens is 1. The van der Waals surface area contributed by atoms with Crippen LogP contribution in [0.5, 0.6) is 0 Å². The van der Waals surface area contributed by atoms with Crippen LogP contribution in [-0.4, -0.2) is 4.98 Å². The third-order valence-electron chi connectivity index (χ3n) is 2.91. The minimum absolute atomic E-state index is 1.05. The maximum absolute atomic E-state index is 4.64. The molecule has 2 heterocycles. The molecule has 0 aliphatic heterocycles. The molecule has 0 aliphatic carbocycles. The van der Waals surface area contributed by atoms with Crippen LogP contribution in [-0.2, 0) is 0 Å². The Hall–Kier alpha value is -1.45. The van der Waals surface area contributed by atoms with E-state index in [2.05, 4.69) is 69.5 Å². The number of fused-ring (bicyclic) bond motifs is 1. The molecule has 1 nitrogen and oxygen atoms in total. The van der Waals surface area contributed by atoms with Crippen molar-refractivity contribution in [2.45, 2.75) is 6.92 Å². The van der Waals surface area contributed by atoms with Gasteiger partial charge in [-0.1, -0.05) is 30.3 Å². The molecule has 0 saturated carbocycles. The highest BCUT2D eigenvalue weighted by Gasteiger charge is 2.00. The Labute approximate surface area is 124 Å². The summed E-state index contributed by atoms with van der Waals surface area (Å²) in [4.78, 5) is 5.87. The van der Waals surface area contributed by atoms with Crippen molar-refractivity contribution < 1.29 is 0 Å². The molecular weight excluding hydrogens is 318 g/mol. The lowest BCUT2D eigenvalue weighted by Crippen LogP contribution is -1.85. The summed E-state index contributed by atoms with van der Waals surface area (Å²) in [6.07, 6.45) is 4.27. The maximum atomic E-state index is 4.64. The van der Waals surface area contributed by atoms with Crippen molar-refractivity contribution in [1.82, 2.24) is 4.98 Å². The van der Waals surface area contributed by atoms with E-state index in [4.69, 9.17) is 0 Å². The predicted octanol–water partition coefficient (Wildman–Crippen LogP) is 5.54. The second-order valence-corrected chi connectivity index (χ2v) is 6.84. The lowest BCUT2D eigenvalue weighted by molar-refractivity contribution is 1.25. The Bertz CT molecular complexity index is 758. The summed E-state index contributed by atoms with van der Waals surface area (Å²) in [7, 11) is 0. The highest BCUT2D eigenvalue weighted by atomic mass is 79.9. The zero-order valence-electron chi connectivity index (χ0n) is 10.4. The molecule has 3 rings (SSSR count). The first-order chi connectivity index (χ1) is 9.22. The minimum atomic E-state index is 1.05. The Morgan fingerprint density at radius 1 is 1.05 bits per heavy atom. The normalized spacial score (nSPS) is 11.5. The topological polar surface area (TPSA) is 12.9 Å². The van der Waals surface area contributed by atoms with Gasteiger partial charge in [0.25, 0.3) is 0 Å². The number of thiophene rings is 1. The van der Waals surface area contributed by atoms with Crippen molar-refractivity contribution in [2.75, 3.05) is 0 Å². The smallest absolute Gasteiger partial charge is 0.0777 e. The lowest BCUT2D eigenvalue weighted by atomic mass is 10.1. The van der Waals surface area contributed by atoms with Gasteiger partial charge in [-0.25, -0.2) is 0 Å². The van der Waals surface area contributed by atoms with Crippen LogP contribution in [0.3, 0.4) is 0 Å². The molecule has 0 atom stereocenters. The van der Waals surface area contributed by atoms with Gasteiger partial charge in [0.2, 0.25) is 0 Å². The van der Waals surface area contributed by atoms with Crippen molar-refractivity contribution in [3.8, 4) is 0 Å². The third kappa shape index (κ3) is 2.77. The SMILES string of the molecule is Cc1ccc2cccc(/C=C/c3ccc(Br)s3)c2n1. The van der Waals surface area contributed by atoms with Gasteiger partial charge >= 0.3 is 0 Å². The fourth-order valence-electron chi connectivity index (χ4n) is 1.99. The van der Waals surface area contributed by atoms with Gasteiger partial charge in [0, 0.05) is 21.5 Å². The van der Waals surface area contributed by atoms with Crippen LogP contribution in [0.2, 0.25) is 0 Å². The maximum Gasteiger partial charge on any atom is 0.0777 e. The predicted molar refractivity (Wildman–Crippen MR) is 87.4 cm³/mol. The summed E-state index contributed by atoms with van der Waals surface area (Å²) in [5, 5.41) is 1.18. The second kappa shape index (κ2) is 5.27. The average molecular weight is 330 g/mol. The standard InChI is InChI=1S/C16H12BrNS/c1-11-5-6-12-3-2-4-13(16(12)18-11)7-8-14-9-10-15(17)19-14/h2-10H,1H3/b8-7+. The molecule has 0 saturated heterocycles. The van der Waals surface area contributed by atoms with Crippen LogP contribution < -0.4 is 0 Å². The lowest BCUT2D eigenvalue weighted by Gasteiger charge is -2.02. The van der Waals surface area contributed by atoms with Crippen molar-refractivity contribution in [1.29, 1.82) is 0 Å². The number of hydrogen-bond acceptors (Lipinski definition) is 2. The summed E-state index contributed by atoms with van der Waals surface area (Å²) in [6, 6.07) is 14.6. The van der Waals surface area contributed by atoms with Crippen LogP contribution >= 0.6 is 27.3 Å². The molecule has 0 fully saturated rings. The van der Waals surface area contributed by atoms with Crippen molar-refractivity contribution in [3.05, 3.63) is 62.4 Å². The van der Waals surface area contributed by atoms with E-state index in [1.54, 1.807) is 11.3 Å². The summed E-state index contributed by atoms with van der Waals surface area (Å²) in [5.74, 6) is 0. The van der Waals surface area contributed by atoms with Gasteiger partial charge in [-0.15, -0.1) is 11.3 Å². The third-order valence-corrected chi connectivity index (χ3v) is 4.50. The van der Waals surface area contributed by atoms with Crippen LogP contribution in [0.25, 0.3) is 23.1 Å². The van der Waals surface area contributed by atoms with Gasteiger partial charge in [-0.2, -0.15) is 0 Å². The van der Waals surface area contributed by atoms with Crippen LogP contribution in [0, 0.1) is 6.92 Å². The molecule has 0 radical (unpaired) electrons. The zero-order chi connectivity index (χ0) is 13.2. The second-order valence-electron chi connectivity index (χ2n) is 4.35. The highest BCUT2D eigenvalue weighted by molar-refractivity contribution is 9.11. The Morgan fingerprint density at radius 3 is 2.74 bits per heavy atom. The van der Waals surface area contributed by atoms with E-state index >= 15 is 0 Å². The van der Waals surface area contributed by atoms with Gasteiger partial charge in [0.15, 0.2) is 0 Å². The molecule has 94 valence electrons. The highest BCUT2D eigenvalue weighted by Crippen LogP contribution is 2.25. The Morgan fingerprint density at radius 2 is 1.95 bits per heavy atom. The molecule has 0 bridgehead atoms. The summed E-state index contributed by atoms with van der Waals surface area (Å²) in [5.41, 5.74) is 3.27. The van der Waals surface area contributed by atoms with Gasteiger partial charge in [0.1, 0.15) is 0 Å². The molecule has 0 N–H and O–H groups in total. The van der Waals surface area contributed by atoms with E-state index in [0.29, 0.717) is 0 Å². The van der Waals surface area contributed by atoms with Gasteiger partial charge in [0.05, 0.1) is 9.30 Å². The van der Waals surface area contributed by atoms with Gasteiger partial charge < -0.3 is 0 Å². The number of halogens is 1. The summed E-state index contributed by atoms with van der Waals surface area (Å²) >= 11 is 5.20. The van der Waals surface area contributed by atoms with E-state index in [1.807, 2.05) is 13.0 Å². The van der Waals surface area contributed by atoms with E-state index < -0.39 is 0 Å². The molecule has 0 spiro atoms. The minimum Gasteiger partial charge on any atom is -0.253 e. The van der Waals surface area contributed by atoms with Gasteiger partial charge in [-0.05, 0) is 47.1 Å². The zero-order valence-corrected chi connectivity index (χ0v) is 12.8. The Kier molecular flexibility index (Phi) is 3.49. The number of pyridine rings is 1. The first kappa shape index (κ1) is 12.6. The van der Waals surface area contributed by atoms with Crippen molar-refractivity contribution >= 4 is 50.3 Å². The number of benzene rings is 1. The molecule has 2 aromatic heterocycles. The van der Waals surface area contributed by atoms with Crippen molar-refractivity contribution in [2.24, 2.45) is 0 Å². The van der Waals surface area contributed by atoms with E-state index in [-0.39, 0.29) is 0 Å². The molecule has 3 aromatic rings. The fourth-order valence-corrected chi connectivity index (χ4v) is 3.32. The first-order valence-corrected chi connectivity index (χ1v) is 7.63. The largest absolute Gasteiger partial charge is 0.253 e. The van der Waals surface area contributed by atoms with Crippen LogP contribution in [0.4, 0.5) is 0 Å². The molecule has 0 aliphatic rings. The Balaban J connectivity index is 2.05. The molecule has 0 unspecified atom stereocenters. The quantitative estimate of drug-likeness (QED) is 0.601. The summed E-state index contributed by atoms with van der Waals surface area (Å²) in [6.45, 7) is 2.02. The molecule has 3 heteroatoms. The van der Waals surface area contributed by atoms with Crippen molar-refractivity contribution in [3.63, 3.8) is 0 Å². The molecular formula is C16H12BrNS. The fraction of sp³-hybridized carbons (Fsp3) is 0.0625. The average Bonchev–Trinajstić information content (AvgIpc) is 2.82. The summed E-state index contributed by atoms with van der Waals surface area (Å²) < 4.78 is 1.15. The van der Waals surface area contributed by atoms with E-state index in [0.717, 1.165) is 20.6 Å². The molecule has 0 amide bonds. The van der Waals surface area contributed by atoms with E-state index in [1.165, 1.54) is 10.3 Å². The molecule has 1 aromatic carbocycles. The van der Waals surface area contributed by atoms with Gasteiger partial charge in [-0.3, -0.25) is 4.98 Å². The number of para-hydroxylation sites is 1.